The molecule has 1 heterocycles. The van der Waals surface area contributed by atoms with Crippen molar-refractivity contribution in [3.05, 3.63) is 30.3 Å². The Morgan fingerprint density at radius 3 is 2.41 bits per heavy atom. The number of piperazine rings is 1. The van der Waals surface area contributed by atoms with Crippen LogP contribution in [0.3, 0.4) is 0 Å². The van der Waals surface area contributed by atoms with E-state index >= 15 is 0 Å². The van der Waals surface area contributed by atoms with Gasteiger partial charge in [0.2, 0.25) is 5.91 Å². The van der Waals surface area contributed by atoms with Crippen LogP contribution in [-0.2, 0) is 14.3 Å². The minimum absolute atomic E-state index is 0.0180. The second-order valence-electron chi connectivity index (χ2n) is 7.15. The number of amides is 3. The van der Waals surface area contributed by atoms with Gasteiger partial charge in [0, 0.05) is 24.7 Å². The van der Waals surface area contributed by atoms with Crippen molar-refractivity contribution in [2.75, 3.05) is 32.1 Å². The van der Waals surface area contributed by atoms with Crippen molar-refractivity contribution < 1.29 is 19.1 Å². The Hall–Kier alpha value is -2.57. The summed E-state index contributed by atoms with van der Waals surface area (Å²) < 4.78 is 4.91. The lowest BCUT2D eigenvalue weighted by molar-refractivity contribution is -0.157. The zero-order valence-corrected chi connectivity index (χ0v) is 15.7. The average Bonchev–Trinajstić information content (AvgIpc) is 2.73. The molecule has 0 spiro atoms. The van der Waals surface area contributed by atoms with E-state index in [1.807, 2.05) is 18.2 Å². The third kappa shape index (κ3) is 4.59. The molecule has 27 heavy (non-hydrogen) atoms. The quantitative estimate of drug-likeness (QED) is 0.826. The largest absolute Gasteiger partial charge is 0.467 e. The summed E-state index contributed by atoms with van der Waals surface area (Å²) in [5.74, 6) is -0.472. The lowest BCUT2D eigenvalue weighted by atomic mass is 9.87. The van der Waals surface area contributed by atoms with Crippen molar-refractivity contribution in [1.29, 1.82) is 0 Å². The molecule has 1 aromatic carbocycles. The van der Waals surface area contributed by atoms with Crippen molar-refractivity contribution >= 4 is 23.6 Å². The fourth-order valence-corrected chi connectivity index (χ4v) is 3.88. The average molecular weight is 373 g/mol. The van der Waals surface area contributed by atoms with Gasteiger partial charge in [-0.05, 0) is 25.0 Å². The first-order valence-corrected chi connectivity index (χ1v) is 9.59. The van der Waals surface area contributed by atoms with Crippen LogP contribution < -0.4 is 5.32 Å². The second-order valence-corrected chi connectivity index (χ2v) is 7.15. The fraction of sp³-hybridized carbons (Fsp3) is 0.550. The summed E-state index contributed by atoms with van der Waals surface area (Å²) in [6.07, 6.45) is 5.03. The number of para-hydroxylation sites is 1. The van der Waals surface area contributed by atoms with Gasteiger partial charge < -0.3 is 19.9 Å². The summed E-state index contributed by atoms with van der Waals surface area (Å²) in [5.41, 5.74) is 0.692. The summed E-state index contributed by atoms with van der Waals surface area (Å²) in [7, 11) is 1.31. The van der Waals surface area contributed by atoms with Crippen LogP contribution in [0.4, 0.5) is 10.5 Å². The molecule has 146 valence electrons. The van der Waals surface area contributed by atoms with Crippen LogP contribution in [0.2, 0.25) is 0 Å². The number of nitrogens with one attached hydrogen (secondary N) is 1. The molecule has 1 N–H and O–H groups in total. The van der Waals surface area contributed by atoms with Crippen LogP contribution >= 0.6 is 0 Å². The number of anilines is 1. The predicted octanol–water partition coefficient (Wildman–Crippen LogP) is 2.48. The number of carbonyl (C=O) groups is 3. The van der Waals surface area contributed by atoms with Crippen LogP contribution in [-0.4, -0.2) is 60.5 Å². The van der Waals surface area contributed by atoms with Gasteiger partial charge in [0.05, 0.1) is 13.7 Å². The smallest absolute Gasteiger partial charge is 0.330 e. The van der Waals surface area contributed by atoms with Crippen LogP contribution in [0, 0.1) is 5.92 Å². The molecule has 2 fully saturated rings. The maximum Gasteiger partial charge on any atom is 0.330 e. The number of rotatable bonds is 3. The van der Waals surface area contributed by atoms with E-state index in [1.54, 1.807) is 21.9 Å². The number of hydrogen-bond donors (Lipinski definition) is 1. The van der Waals surface area contributed by atoms with E-state index in [0.29, 0.717) is 18.8 Å². The van der Waals surface area contributed by atoms with E-state index in [0.717, 1.165) is 32.1 Å². The van der Waals surface area contributed by atoms with E-state index in [-0.39, 0.29) is 24.4 Å². The van der Waals surface area contributed by atoms with Gasteiger partial charge in [-0.1, -0.05) is 37.5 Å². The van der Waals surface area contributed by atoms with Crippen LogP contribution in [0.15, 0.2) is 30.3 Å². The molecule has 0 bridgehead atoms. The van der Waals surface area contributed by atoms with E-state index < -0.39 is 12.0 Å². The minimum Gasteiger partial charge on any atom is -0.467 e. The van der Waals surface area contributed by atoms with Crippen LogP contribution in [0.1, 0.15) is 32.1 Å². The molecule has 2 aliphatic rings. The molecular formula is C20H27N3O4. The number of ether oxygens (including phenoxy) is 1. The highest BCUT2D eigenvalue weighted by Gasteiger charge is 2.40. The van der Waals surface area contributed by atoms with Gasteiger partial charge in [0.25, 0.3) is 0 Å². The summed E-state index contributed by atoms with van der Waals surface area (Å²) in [5, 5.41) is 2.83. The Bertz CT molecular complexity index is 673. The minimum atomic E-state index is -0.750. The van der Waals surface area contributed by atoms with Crippen LogP contribution in [0.5, 0.6) is 0 Å². The van der Waals surface area contributed by atoms with Gasteiger partial charge in [-0.3, -0.25) is 4.79 Å². The number of esters is 1. The Morgan fingerprint density at radius 1 is 1.04 bits per heavy atom. The number of carbonyl (C=O) groups excluding carboxylic acids is 3. The molecule has 1 saturated carbocycles. The Labute approximate surface area is 159 Å². The molecule has 0 unspecified atom stereocenters. The van der Waals surface area contributed by atoms with Gasteiger partial charge in [-0.15, -0.1) is 0 Å². The summed E-state index contributed by atoms with van der Waals surface area (Å²) in [4.78, 5) is 41.0. The highest BCUT2D eigenvalue weighted by atomic mass is 16.5. The first-order chi connectivity index (χ1) is 13.1. The van der Waals surface area contributed by atoms with Crippen molar-refractivity contribution in [3.63, 3.8) is 0 Å². The number of nitrogens with zero attached hydrogens (tertiary/aromatic N) is 2. The first kappa shape index (κ1) is 19.2. The normalized spacial score (nSPS) is 20.9. The maximum absolute atomic E-state index is 13.0. The number of methoxy groups -OCH3 is 1. The van der Waals surface area contributed by atoms with Crippen molar-refractivity contribution in [1.82, 2.24) is 9.80 Å². The zero-order valence-electron chi connectivity index (χ0n) is 15.7. The molecule has 0 aromatic heterocycles. The molecule has 1 aromatic rings. The van der Waals surface area contributed by atoms with E-state index in [9.17, 15) is 14.4 Å². The molecule has 7 nitrogen and oxygen atoms in total. The van der Waals surface area contributed by atoms with Gasteiger partial charge in [0.15, 0.2) is 0 Å². The first-order valence-electron chi connectivity index (χ1n) is 9.59. The van der Waals surface area contributed by atoms with Crippen molar-refractivity contribution in [2.24, 2.45) is 5.92 Å². The molecule has 1 saturated heterocycles. The highest BCUT2D eigenvalue weighted by Crippen LogP contribution is 2.27. The molecular weight excluding hydrogens is 346 g/mol. The van der Waals surface area contributed by atoms with Gasteiger partial charge >= 0.3 is 12.0 Å². The third-order valence-corrected chi connectivity index (χ3v) is 5.40. The Balaban J connectivity index is 1.67. The van der Waals surface area contributed by atoms with Gasteiger partial charge in [-0.2, -0.15) is 0 Å². The topological polar surface area (TPSA) is 79.0 Å². The SMILES string of the molecule is COC(=O)[C@@H]1CN(C(=O)Nc2ccccc2)CCN1C(=O)C1CCCCC1. The Morgan fingerprint density at radius 2 is 1.74 bits per heavy atom. The summed E-state index contributed by atoms with van der Waals surface area (Å²) in [6, 6.07) is 8.14. The fourth-order valence-electron chi connectivity index (χ4n) is 3.88. The maximum atomic E-state index is 13.0. The number of benzene rings is 1. The van der Waals surface area contributed by atoms with E-state index in [4.69, 9.17) is 4.74 Å². The predicted molar refractivity (Wildman–Crippen MR) is 101 cm³/mol. The molecule has 3 rings (SSSR count). The molecule has 7 heteroatoms. The summed E-state index contributed by atoms with van der Waals surface area (Å²) >= 11 is 0. The molecule has 0 radical (unpaired) electrons. The second kappa shape index (κ2) is 8.88. The number of urea groups is 1. The third-order valence-electron chi connectivity index (χ3n) is 5.40. The van der Waals surface area contributed by atoms with E-state index in [2.05, 4.69) is 5.32 Å². The summed E-state index contributed by atoms with van der Waals surface area (Å²) in [6.45, 7) is 0.881. The molecule has 1 atom stereocenters. The van der Waals surface area contributed by atoms with Crippen LogP contribution in [0.25, 0.3) is 0 Å². The molecule has 1 aliphatic carbocycles. The van der Waals surface area contributed by atoms with E-state index in [1.165, 1.54) is 7.11 Å². The monoisotopic (exact) mass is 373 g/mol. The Kier molecular flexibility index (Phi) is 6.32. The lowest BCUT2D eigenvalue weighted by Crippen LogP contribution is -2.61. The van der Waals surface area contributed by atoms with Crippen molar-refractivity contribution in [2.45, 2.75) is 38.1 Å². The standard InChI is InChI=1S/C20H27N3O4/c1-27-19(25)17-14-22(20(26)21-16-10-6-3-7-11-16)12-13-23(17)18(24)15-8-4-2-5-9-15/h3,6-7,10-11,15,17H,2,4-5,8-9,12-14H2,1H3,(H,21,26)/t17-/m0/s1. The van der Waals surface area contributed by atoms with Gasteiger partial charge in [-0.25, -0.2) is 9.59 Å². The molecule has 3 amide bonds. The number of hydrogen-bond acceptors (Lipinski definition) is 4. The highest BCUT2D eigenvalue weighted by molar-refractivity contribution is 5.91. The van der Waals surface area contributed by atoms with Crippen molar-refractivity contribution in [3.8, 4) is 0 Å². The zero-order chi connectivity index (χ0) is 19.2. The van der Waals surface area contributed by atoms with Gasteiger partial charge in [0.1, 0.15) is 6.04 Å². The lowest BCUT2D eigenvalue weighted by Gasteiger charge is -2.41. The molecule has 1 aliphatic heterocycles.